The van der Waals surface area contributed by atoms with Crippen LogP contribution in [-0.2, 0) is 9.59 Å². The third-order valence-electron chi connectivity index (χ3n) is 7.05. The number of aromatic nitrogens is 2. The molecule has 2 aliphatic heterocycles. The number of amides is 1. The molecule has 9 nitrogen and oxygen atoms in total. The zero-order valence-corrected chi connectivity index (χ0v) is 20.4. The van der Waals surface area contributed by atoms with Crippen molar-refractivity contribution in [2.24, 2.45) is 11.8 Å². The molecule has 2 saturated heterocycles. The first kappa shape index (κ1) is 27.1. The van der Waals surface area contributed by atoms with E-state index in [1.54, 1.807) is 4.90 Å². The van der Waals surface area contributed by atoms with E-state index in [9.17, 15) is 32.3 Å². The number of nitrogen functional groups attached to an aromatic ring is 1. The highest BCUT2D eigenvalue weighted by atomic mass is 35.5. The highest BCUT2D eigenvalue weighted by Gasteiger charge is 2.44. The quantitative estimate of drug-likeness (QED) is 0.366. The van der Waals surface area contributed by atoms with E-state index in [4.69, 9.17) is 17.3 Å². The minimum atomic E-state index is -4.48. The Balaban J connectivity index is 1.57. The largest absolute Gasteiger partial charge is 0.395 e. The van der Waals surface area contributed by atoms with Gasteiger partial charge in [-0.05, 0) is 37.8 Å². The molecule has 14 heteroatoms. The molecule has 0 aromatic carbocycles. The van der Waals surface area contributed by atoms with Gasteiger partial charge in [0.05, 0.1) is 12.0 Å². The van der Waals surface area contributed by atoms with Gasteiger partial charge in [-0.3, -0.25) is 4.79 Å². The number of carbonyl (C=O) groups is 2. The summed E-state index contributed by atoms with van der Waals surface area (Å²) in [5.74, 6) is -4.00. The van der Waals surface area contributed by atoms with Gasteiger partial charge in [0.25, 0.3) is 0 Å². The zero-order valence-electron chi connectivity index (χ0n) is 19.7. The lowest BCUT2D eigenvalue weighted by Gasteiger charge is -2.47. The van der Waals surface area contributed by atoms with E-state index in [-0.39, 0.29) is 48.3 Å². The maximum Gasteiger partial charge on any atom is 0.395 e. The molecule has 1 amide bonds. The lowest BCUT2D eigenvalue weighted by Crippen LogP contribution is -2.62. The van der Waals surface area contributed by atoms with Crippen molar-refractivity contribution in [3.63, 3.8) is 0 Å². The van der Waals surface area contributed by atoms with Crippen LogP contribution in [0.4, 0.5) is 29.2 Å². The second kappa shape index (κ2) is 10.8. The number of anilines is 2. The van der Waals surface area contributed by atoms with E-state index in [0.717, 1.165) is 12.4 Å². The Morgan fingerprint density at radius 2 is 2.03 bits per heavy atom. The second-order valence-electron chi connectivity index (χ2n) is 9.43. The fourth-order valence-electron chi connectivity index (χ4n) is 5.19. The van der Waals surface area contributed by atoms with Crippen molar-refractivity contribution >= 4 is 35.4 Å². The molecule has 3 heterocycles. The van der Waals surface area contributed by atoms with E-state index >= 15 is 0 Å². The summed E-state index contributed by atoms with van der Waals surface area (Å²) in [6.07, 6.45) is -1.15. The number of aldehydes is 1. The van der Waals surface area contributed by atoms with E-state index in [1.165, 1.54) is 11.0 Å². The molecule has 2 fully saturated rings. The lowest BCUT2D eigenvalue weighted by molar-refractivity contribution is -0.160. The molecule has 5 atom stereocenters. The van der Waals surface area contributed by atoms with Gasteiger partial charge < -0.3 is 30.8 Å². The lowest BCUT2D eigenvalue weighted by atomic mass is 9.84. The molecule has 0 bridgehead atoms. The molecule has 0 saturated carbocycles. The van der Waals surface area contributed by atoms with E-state index < -0.39 is 47.9 Å². The van der Waals surface area contributed by atoms with Gasteiger partial charge in [0.1, 0.15) is 24.8 Å². The molecule has 1 aromatic rings. The summed E-state index contributed by atoms with van der Waals surface area (Å²) in [6, 6.07) is -1.53. The standard InChI is InChI=1S/C23H27ClF4N6O3/c24-13-6-12(23(26,27)28)7-14(8-13)32-16-2-1-4-34(22(16)37)17-9-33(5-3-15(17)18(36)10-35)21-19(25)20(29)30-11-31-21/h7-8,10-12,15-18,32,36H,1-6,9H2,(H2,29,30,31)/t12?,15?,16?,17-,18?/m0/s1. The topological polar surface area (TPSA) is 125 Å². The van der Waals surface area contributed by atoms with Crippen LogP contribution in [0.25, 0.3) is 0 Å². The molecule has 202 valence electrons. The smallest absolute Gasteiger partial charge is 0.385 e. The molecule has 0 spiro atoms. The molecule has 3 aliphatic rings. The monoisotopic (exact) mass is 546 g/mol. The van der Waals surface area contributed by atoms with Crippen molar-refractivity contribution in [3.05, 3.63) is 35.0 Å². The van der Waals surface area contributed by atoms with Crippen molar-refractivity contribution in [1.29, 1.82) is 0 Å². The van der Waals surface area contributed by atoms with Gasteiger partial charge in [-0.15, -0.1) is 0 Å². The molecule has 1 aliphatic carbocycles. The number of nitrogens with two attached hydrogens (primary N) is 1. The van der Waals surface area contributed by atoms with Crippen LogP contribution in [0.1, 0.15) is 25.7 Å². The Labute approximate surface area is 215 Å². The number of rotatable bonds is 6. The van der Waals surface area contributed by atoms with Crippen molar-refractivity contribution in [2.75, 3.05) is 30.3 Å². The molecular formula is C23H27ClF4N6O3. The summed E-state index contributed by atoms with van der Waals surface area (Å²) < 4.78 is 54.5. The maximum atomic E-state index is 14.6. The molecule has 37 heavy (non-hydrogen) atoms. The van der Waals surface area contributed by atoms with Crippen molar-refractivity contribution in [2.45, 2.75) is 50.0 Å². The average Bonchev–Trinajstić information content (AvgIpc) is 2.85. The van der Waals surface area contributed by atoms with Gasteiger partial charge in [0.15, 0.2) is 11.6 Å². The first-order chi connectivity index (χ1) is 17.5. The molecular weight excluding hydrogens is 520 g/mol. The maximum absolute atomic E-state index is 14.6. The predicted molar refractivity (Wildman–Crippen MR) is 127 cm³/mol. The molecule has 1 aromatic heterocycles. The Morgan fingerprint density at radius 3 is 2.73 bits per heavy atom. The summed E-state index contributed by atoms with van der Waals surface area (Å²) >= 11 is 5.95. The normalized spacial score (nSPS) is 27.9. The van der Waals surface area contributed by atoms with Gasteiger partial charge in [0.2, 0.25) is 11.7 Å². The summed E-state index contributed by atoms with van der Waals surface area (Å²) in [5, 5.41) is 13.3. The summed E-state index contributed by atoms with van der Waals surface area (Å²) in [6.45, 7) is 0.608. The predicted octanol–water partition coefficient (Wildman–Crippen LogP) is 2.12. The van der Waals surface area contributed by atoms with Crippen LogP contribution in [0.5, 0.6) is 0 Å². The van der Waals surface area contributed by atoms with Crippen molar-refractivity contribution in [3.8, 4) is 0 Å². The fraction of sp³-hybridized carbons (Fsp3) is 0.565. The number of piperidine rings is 2. The number of likely N-dealkylation sites (tertiary alicyclic amines) is 1. The van der Waals surface area contributed by atoms with E-state index in [0.29, 0.717) is 25.7 Å². The average molecular weight is 547 g/mol. The Bertz CT molecular complexity index is 1100. The molecule has 4 N–H and O–H groups in total. The van der Waals surface area contributed by atoms with Gasteiger partial charge in [0, 0.05) is 36.3 Å². The first-order valence-electron chi connectivity index (χ1n) is 11.9. The highest BCUT2D eigenvalue weighted by molar-refractivity contribution is 6.29. The van der Waals surface area contributed by atoms with Crippen LogP contribution < -0.4 is 16.0 Å². The number of aliphatic hydroxyl groups excluding tert-OH is 1. The van der Waals surface area contributed by atoms with Gasteiger partial charge in [-0.25, -0.2) is 9.97 Å². The van der Waals surface area contributed by atoms with Crippen molar-refractivity contribution in [1.82, 2.24) is 20.2 Å². The molecule has 4 rings (SSSR count). The van der Waals surface area contributed by atoms with Gasteiger partial charge >= 0.3 is 6.18 Å². The number of alkyl halides is 3. The summed E-state index contributed by atoms with van der Waals surface area (Å²) in [7, 11) is 0. The minimum absolute atomic E-state index is 0.0238. The number of carbonyl (C=O) groups excluding carboxylic acids is 2. The Morgan fingerprint density at radius 1 is 1.27 bits per heavy atom. The SMILES string of the molecule is Nc1ncnc(N2CCC(C(O)C=O)[C@@H](N3CCCC(NC4=CC(C(F)(F)F)CC(Cl)=C4)C3=O)C2)c1F. The number of nitrogens with zero attached hydrogens (tertiary/aromatic N) is 4. The van der Waals surface area contributed by atoms with Gasteiger partial charge in [-0.1, -0.05) is 11.6 Å². The summed E-state index contributed by atoms with van der Waals surface area (Å²) in [5.41, 5.74) is 5.68. The Kier molecular flexibility index (Phi) is 7.93. The zero-order chi connectivity index (χ0) is 26.9. The van der Waals surface area contributed by atoms with E-state index in [1.807, 2.05) is 0 Å². The number of aliphatic hydroxyl groups is 1. The molecule has 4 unspecified atom stereocenters. The minimum Gasteiger partial charge on any atom is -0.385 e. The Hall–Kier alpha value is -2.93. The van der Waals surface area contributed by atoms with Crippen LogP contribution >= 0.6 is 11.6 Å². The van der Waals surface area contributed by atoms with Crippen LogP contribution in [-0.4, -0.2) is 76.2 Å². The van der Waals surface area contributed by atoms with Crippen LogP contribution in [0.2, 0.25) is 0 Å². The summed E-state index contributed by atoms with van der Waals surface area (Å²) in [4.78, 5) is 35.6. The number of hydrogen-bond donors (Lipinski definition) is 3. The van der Waals surface area contributed by atoms with Crippen LogP contribution in [0.3, 0.4) is 0 Å². The number of hydrogen-bond acceptors (Lipinski definition) is 8. The third kappa shape index (κ3) is 5.82. The first-order valence-corrected chi connectivity index (χ1v) is 12.2. The molecule has 0 radical (unpaired) electrons. The van der Waals surface area contributed by atoms with Crippen LogP contribution in [0, 0.1) is 17.7 Å². The van der Waals surface area contributed by atoms with Gasteiger partial charge in [-0.2, -0.15) is 17.6 Å². The third-order valence-corrected chi connectivity index (χ3v) is 7.32. The second-order valence-corrected chi connectivity index (χ2v) is 9.91. The highest BCUT2D eigenvalue weighted by Crippen LogP contribution is 2.37. The van der Waals surface area contributed by atoms with Crippen LogP contribution in [0.15, 0.2) is 29.2 Å². The number of allylic oxidation sites excluding steroid dienone is 3. The number of halogens is 5. The fourth-order valence-corrected chi connectivity index (χ4v) is 5.47. The van der Waals surface area contributed by atoms with Crippen molar-refractivity contribution < 1.29 is 32.3 Å². The van der Waals surface area contributed by atoms with E-state index in [2.05, 4.69) is 15.3 Å². The number of nitrogens with one attached hydrogen (secondary N) is 1.